The third-order valence-corrected chi connectivity index (χ3v) is 1.57. The molecule has 0 aromatic heterocycles. The van der Waals surface area contributed by atoms with Crippen molar-refractivity contribution in [2.75, 3.05) is 5.32 Å². The van der Waals surface area contributed by atoms with Gasteiger partial charge in [-0.3, -0.25) is 9.59 Å². The fraction of sp³-hybridized carbons (Fsp3) is 0.111. The van der Waals surface area contributed by atoms with E-state index in [4.69, 9.17) is 0 Å². The van der Waals surface area contributed by atoms with Crippen LogP contribution in [0.5, 0.6) is 0 Å². The summed E-state index contributed by atoms with van der Waals surface area (Å²) in [7, 11) is 0. The maximum atomic E-state index is 10.1. The van der Waals surface area contributed by atoms with Gasteiger partial charge in [0.1, 0.15) is 0 Å². The molecule has 0 aliphatic carbocycles. The first-order valence-corrected chi connectivity index (χ1v) is 3.83. The van der Waals surface area contributed by atoms with E-state index in [0.29, 0.717) is 19.4 Å². The average molecular weight is 178 g/mol. The third kappa shape index (κ3) is 2.94. The van der Waals surface area contributed by atoms with E-state index in [1.54, 1.807) is 12.1 Å². The van der Waals surface area contributed by atoms with Gasteiger partial charge in [-0.1, -0.05) is 12.1 Å². The van der Waals surface area contributed by atoms with Crippen molar-refractivity contribution in [3.05, 3.63) is 29.8 Å². The molecule has 4 nitrogen and oxygen atoms in total. The molecule has 0 radical (unpaired) electrons. The van der Waals surface area contributed by atoms with Crippen LogP contribution in [-0.2, 0) is 16.1 Å². The fourth-order valence-electron chi connectivity index (χ4n) is 0.946. The van der Waals surface area contributed by atoms with Gasteiger partial charge in [-0.2, -0.15) is 0 Å². The first-order valence-electron chi connectivity index (χ1n) is 3.83. The molecule has 0 aliphatic heterocycles. The lowest BCUT2D eigenvalue weighted by Gasteiger charge is -2.01. The summed E-state index contributed by atoms with van der Waals surface area (Å²) >= 11 is 0. The standard InChI is InChI=1S/C9H10N2O2/c12-6-10-5-8-1-3-9(4-2-8)11-7-13/h1-4,6-7H,5H2,(H,10,12)(H,11,13). The Balaban J connectivity index is 2.58. The van der Waals surface area contributed by atoms with Crippen LogP contribution < -0.4 is 10.6 Å². The molecule has 0 saturated carbocycles. The predicted octanol–water partition coefficient (Wildman–Crippen LogP) is 0.501. The van der Waals surface area contributed by atoms with Crippen molar-refractivity contribution >= 4 is 18.5 Å². The smallest absolute Gasteiger partial charge is 0.211 e. The number of carbonyl (C=O) groups excluding carboxylic acids is 2. The summed E-state index contributed by atoms with van der Waals surface area (Å²) < 4.78 is 0. The Hall–Kier alpha value is -1.84. The van der Waals surface area contributed by atoms with Crippen LogP contribution in [0.3, 0.4) is 0 Å². The van der Waals surface area contributed by atoms with Crippen LogP contribution in [0.2, 0.25) is 0 Å². The van der Waals surface area contributed by atoms with Gasteiger partial charge in [-0.25, -0.2) is 0 Å². The van der Waals surface area contributed by atoms with Gasteiger partial charge >= 0.3 is 0 Å². The van der Waals surface area contributed by atoms with Gasteiger partial charge in [0.2, 0.25) is 12.8 Å². The number of benzene rings is 1. The first kappa shape index (κ1) is 9.25. The van der Waals surface area contributed by atoms with Gasteiger partial charge in [0, 0.05) is 12.2 Å². The lowest BCUT2D eigenvalue weighted by Crippen LogP contribution is -2.09. The normalized spacial score (nSPS) is 8.92. The minimum atomic E-state index is 0.505. The summed E-state index contributed by atoms with van der Waals surface area (Å²) in [6, 6.07) is 7.22. The Morgan fingerprint density at radius 3 is 2.31 bits per heavy atom. The first-order chi connectivity index (χ1) is 6.36. The van der Waals surface area contributed by atoms with Crippen LogP contribution in [0.4, 0.5) is 5.69 Å². The van der Waals surface area contributed by atoms with E-state index in [0.717, 1.165) is 11.3 Å². The Bertz CT molecular complexity index is 282. The zero-order valence-electron chi connectivity index (χ0n) is 6.99. The SMILES string of the molecule is O=CNCc1ccc(NC=O)cc1. The maximum absolute atomic E-state index is 10.1. The van der Waals surface area contributed by atoms with Crippen LogP contribution >= 0.6 is 0 Å². The van der Waals surface area contributed by atoms with Crippen molar-refractivity contribution in [2.45, 2.75) is 6.54 Å². The van der Waals surface area contributed by atoms with Gasteiger partial charge in [-0.05, 0) is 17.7 Å². The molecule has 0 bridgehead atoms. The monoisotopic (exact) mass is 178 g/mol. The molecular weight excluding hydrogens is 168 g/mol. The van der Waals surface area contributed by atoms with Crippen molar-refractivity contribution in [1.29, 1.82) is 0 Å². The zero-order chi connectivity index (χ0) is 9.52. The van der Waals surface area contributed by atoms with Crippen LogP contribution in [0, 0.1) is 0 Å². The molecule has 0 atom stereocenters. The van der Waals surface area contributed by atoms with Crippen LogP contribution in [0.1, 0.15) is 5.56 Å². The summed E-state index contributed by atoms with van der Waals surface area (Å²) in [5.74, 6) is 0. The number of anilines is 1. The number of hydrogen-bond donors (Lipinski definition) is 2. The van der Waals surface area contributed by atoms with Gasteiger partial charge in [0.15, 0.2) is 0 Å². The molecule has 4 heteroatoms. The molecular formula is C9H10N2O2. The van der Waals surface area contributed by atoms with E-state index in [-0.39, 0.29) is 0 Å². The number of carbonyl (C=O) groups is 2. The van der Waals surface area contributed by atoms with Crippen LogP contribution in [0.25, 0.3) is 0 Å². The van der Waals surface area contributed by atoms with Gasteiger partial charge in [-0.15, -0.1) is 0 Å². The Morgan fingerprint density at radius 1 is 1.08 bits per heavy atom. The van der Waals surface area contributed by atoms with Crippen molar-refractivity contribution in [1.82, 2.24) is 5.32 Å². The minimum absolute atomic E-state index is 0.505. The summed E-state index contributed by atoms with van der Waals surface area (Å²) in [5, 5.41) is 5.07. The number of rotatable bonds is 5. The average Bonchev–Trinajstić information content (AvgIpc) is 2.17. The lowest BCUT2D eigenvalue weighted by atomic mass is 10.2. The molecule has 1 rings (SSSR count). The highest BCUT2D eigenvalue weighted by Gasteiger charge is 1.92. The summed E-state index contributed by atoms with van der Waals surface area (Å²) in [5.41, 5.74) is 1.73. The summed E-state index contributed by atoms with van der Waals surface area (Å²) in [6.45, 7) is 0.505. The predicted molar refractivity (Wildman–Crippen MR) is 49.0 cm³/mol. The highest BCUT2D eigenvalue weighted by molar-refractivity contribution is 5.71. The molecule has 0 aliphatic rings. The highest BCUT2D eigenvalue weighted by atomic mass is 16.1. The van der Waals surface area contributed by atoms with E-state index in [9.17, 15) is 9.59 Å². The van der Waals surface area contributed by atoms with Crippen molar-refractivity contribution in [2.24, 2.45) is 0 Å². The molecule has 0 fully saturated rings. The second-order valence-electron chi connectivity index (χ2n) is 2.46. The second-order valence-corrected chi connectivity index (χ2v) is 2.46. The Kier molecular flexibility index (Phi) is 3.50. The van der Waals surface area contributed by atoms with E-state index in [2.05, 4.69) is 10.6 Å². The summed E-state index contributed by atoms with van der Waals surface area (Å²) in [6.07, 6.45) is 1.27. The fourth-order valence-corrected chi connectivity index (χ4v) is 0.946. The quantitative estimate of drug-likeness (QED) is 0.645. The Labute approximate surface area is 75.9 Å². The van der Waals surface area contributed by atoms with E-state index in [1.165, 1.54) is 0 Å². The molecule has 68 valence electrons. The van der Waals surface area contributed by atoms with E-state index in [1.807, 2.05) is 12.1 Å². The van der Waals surface area contributed by atoms with Gasteiger partial charge in [0.25, 0.3) is 0 Å². The highest BCUT2D eigenvalue weighted by Crippen LogP contribution is 2.07. The summed E-state index contributed by atoms with van der Waals surface area (Å²) in [4.78, 5) is 20.0. The molecule has 2 amide bonds. The maximum Gasteiger partial charge on any atom is 0.211 e. The number of nitrogens with one attached hydrogen (secondary N) is 2. The molecule has 1 aromatic carbocycles. The number of hydrogen-bond acceptors (Lipinski definition) is 2. The van der Waals surface area contributed by atoms with Crippen molar-refractivity contribution in [3.63, 3.8) is 0 Å². The molecule has 0 saturated heterocycles. The van der Waals surface area contributed by atoms with E-state index >= 15 is 0 Å². The molecule has 0 unspecified atom stereocenters. The van der Waals surface area contributed by atoms with Crippen LogP contribution in [-0.4, -0.2) is 12.8 Å². The molecule has 0 heterocycles. The molecule has 13 heavy (non-hydrogen) atoms. The zero-order valence-corrected chi connectivity index (χ0v) is 6.99. The largest absolute Gasteiger partial charge is 0.355 e. The van der Waals surface area contributed by atoms with Crippen molar-refractivity contribution in [3.8, 4) is 0 Å². The van der Waals surface area contributed by atoms with Crippen molar-refractivity contribution < 1.29 is 9.59 Å². The lowest BCUT2D eigenvalue weighted by molar-refractivity contribution is -0.109. The van der Waals surface area contributed by atoms with E-state index < -0.39 is 0 Å². The van der Waals surface area contributed by atoms with Crippen LogP contribution in [0.15, 0.2) is 24.3 Å². The van der Waals surface area contributed by atoms with Gasteiger partial charge in [0.05, 0.1) is 0 Å². The molecule has 1 aromatic rings. The topological polar surface area (TPSA) is 58.2 Å². The van der Waals surface area contributed by atoms with Gasteiger partial charge < -0.3 is 10.6 Å². The second kappa shape index (κ2) is 4.92. The Morgan fingerprint density at radius 2 is 1.77 bits per heavy atom. The minimum Gasteiger partial charge on any atom is -0.355 e. The molecule has 2 N–H and O–H groups in total. The number of amides is 2. The third-order valence-electron chi connectivity index (χ3n) is 1.57. The molecule has 0 spiro atoms.